The molecule has 0 aliphatic carbocycles. The number of rotatable bonds is 5. The summed E-state index contributed by atoms with van der Waals surface area (Å²) in [5.74, 6) is -1.83. The first-order valence-corrected chi connectivity index (χ1v) is 7.25. The van der Waals surface area contributed by atoms with E-state index >= 15 is 0 Å². The zero-order valence-corrected chi connectivity index (χ0v) is 13.4. The van der Waals surface area contributed by atoms with Gasteiger partial charge in [-0.05, 0) is 18.4 Å². The van der Waals surface area contributed by atoms with E-state index in [1.165, 1.54) is 5.56 Å². The van der Waals surface area contributed by atoms with Crippen molar-refractivity contribution in [2.24, 2.45) is 0 Å². The van der Waals surface area contributed by atoms with Gasteiger partial charge in [-0.1, -0.05) is 30.3 Å². The molecular formula is C16H20ClF3N2O. The first-order valence-electron chi connectivity index (χ1n) is 7.25. The van der Waals surface area contributed by atoms with E-state index in [4.69, 9.17) is 0 Å². The number of hydrogen-bond acceptors (Lipinski definition) is 3. The van der Waals surface area contributed by atoms with Crippen molar-refractivity contribution in [2.45, 2.75) is 31.6 Å². The van der Waals surface area contributed by atoms with E-state index in [9.17, 15) is 18.0 Å². The summed E-state index contributed by atoms with van der Waals surface area (Å²) in [5, 5.41) is 2.88. The molecule has 0 radical (unpaired) electrons. The average Bonchev–Trinajstić information content (AvgIpc) is 2.49. The lowest BCUT2D eigenvalue weighted by molar-refractivity contribution is -0.165. The van der Waals surface area contributed by atoms with Crippen LogP contribution in [0.2, 0.25) is 0 Å². The standard InChI is InChI=1S/C16H19F3N2O.ClH/c17-16(18,19)15(22)6-9-20-14-7-10-21(11-8-14)12-13-4-2-1-3-5-13;/h1-6,9,14,20H,7-8,10-12H2;1H. The molecule has 0 amide bonds. The Hall–Kier alpha value is -1.53. The van der Waals surface area contributed by atoms with Gasteiger partial charge < -0.3 is 5.32 Å². The SMILES string of the molecule is Cl.O=C(C=CNC1CCN(Cc2ccccc2)CC1)C(F)(F)F. The van der Waals surface area contributed by atoms with E-state index in [-0.39, 0.29) is 18.4 Å². The summed E-state index contributed by atoms with van der Waals surface area (Å²) in [6.45, 7) is 2.65. The van der Waals surface area contributed by atoms with Gasteiger partial charge in [0.05, 0.1) is 0 Å². The zero-order valence-electron chi connectivity index (χ0n) is 12.6. The second-order valence-electron chi connectivity index (χ2n) is 5.40. The van der Waals surface area contributed by atoms with Crippen LogP contribution in [-0.4, -0.2) is 36.0 Å². The highest BCUT2D eigenvalue weighted by Crippen LogP contribution is 2.17. The maximum Gasteiger partial charge on any atom is 0.454 e. The molecule has 0 bridgehead atoms. The average molecular weight is 349 g/mol. The van der Waals surface area contributed by atoms with E-state index < -0.39 is 12.0 Å². The number of piperidine rings is 1. The van der Waals surface area contributed by atoms with Crippen molar-refractivity contribution in [1.82, 2.24) is 10.2 Å². The number of carbonyl (C=O) groups excluding carboxylic acids is 1. The Morgan fingerprint density at radius 3 is 2.39 bits per heavy atom. The first-order chi connectivity index (χ1) is 10.4. The third-order valence-corrected chi connectivity index (χ3v) is 3.68. The van der Waals surface area contributed by atoms with Crippen LogP contribution in [0, 0.1) is 0 Å². The number of likely N-dealkylation sites (tertiary alicyclic amines) is 1. The molecule has 3 nitrogen and oxygen atoms in total. The summed E-state index contributed by atoms with van der Waals surface area (Å²) in [4.78, 5) is 13.0. The molecule has 7 heteroatoms. The van der Waals surface area contributed by atoms with Crippen LogP contribution < -0.4 is 5.32 Å². The molecule has 1 aliphatic heterocycles. The van der Waals surface area contributed by atoms with Crippen LogP contribution >= 0.6 is 12.4 Å². The summed E-state index contributed by atoms with van der Waals surface area (Å²) in [6.07, 6.45) is -1.43. The Labute approximate surface area is 140 Å². The number of ketones is 1. The van der Waals surface area contributed by atoms with Crippen molar-refractivity contribution >= 4 is 18.2 Å². The summed E-state index contributed by atoms with van der Waals surface area (Å²) in [6, 6.07) is 10.3. The van der Waals surface area contributed by atoms with Crippen molar-refractivity contribution < 1.29 is 18.0 Å². The summed E-state index contributed by atoms with van der Waals surface area (Å²) < 4.78 is 36.1. The van der Waals surface area contributed by atoms with Crippen LogP contribution in [0.15, 0.2) is 42.6 Å². The zero-order chi connectivity index (χ0) is 16.0. The molecule has 2 rings (SSSR count). The predicted molar refractivity (Wildman–Crippen MR) is 85.3 cm³/mol. The number of benzene rings is 1. The number of carbonyl (C=O) groups is 1. The molecule has 1 N–H and O–H groups in total. The minimum atomic E-state index is -4.79. The van der Waals surface area contributed by atoms with E-state index in [0.29, 0.717) is 6.08 Å². The van der Waals surface area contributed by atoms with E-state index in [1.54, 1.807) is 0 Å². The van der Waals surface area contributed by atoms with Gasteiger partial charge in [0.25, 0.3) is 5.78 Å². The Morgan fingerprint density at radius 2 is 1.83 bits per heavy atom. The van der Waals surface area contributed by atoms with Crippen molar-refractivity contribution in [3.8, 4) is 0 Å². The lowest BCUT2D eigenvalue weighted by atomic mass is 10.0. The lowest BCUT2D eigenvalue weighted by Gasteiger charge is -2.32. The maximum atomic E-state index is 12.0. The largest absolute Gasteiger partial charge is 0.454 e. The molecule has 0 saturated carbocycles. The van der Waals surface area contributed by atoms with Gasteiger partial charge in [0, 0.05) is 38.0 Å². The first kappa shape index (κ1) is 19.5. The highest BCUT2D eigenvalue weighted by molar-refractivity contribution is 5.94. The normalized spacial score (nSPS) is 17.0. The molecule has 1 aromatic rings. The van der Waals surface area contributed by atoms with Crippen molar-refractivity contribution in [2.75, 3.05) is 13.1 Å². The Bertz CT molecular complexity index is 512. The summed E-state index contributed by atoms with van der Waals surface area (Å²) in [7, 11) is 0. The minimum Gasteiger partial charge on any atom is -0.388 e. The summed E-state index contributed by atoms with van der Waals surface area (Å²) in [5.41, 5.74) is 1.25. The van der Waals surface area contributed by atoms with Crippen molar-refractivity contribution in [1.29, 1.82) is 0 Å². The molecule has 0 spiro atoms. The summed E-state index contributed by atoms with van der Waals surface area (Å²) >= 11 is 0. The smallest absolute Gasteiger partial charge is 0.388 e. The van der Waals surface area contributed by atoms with Crippen LogP contribution in [0.25, 0.3) is 0 Å². The Morgan fingerprint density at radius 1 is 1.22 bits per heavy atom. The third kappa shape index (κ3) is 6.62. The highest BCUT2D eigenvalue weighted by Gasteiger charge is 2.36. The quantitative estimate of drug-likeness (QED) is 0.829. The molecule has 0 aromatic heterocycles. The fourth-order valence-corrected chi connectivity index (χ4v) is 2.45. The fraction of sp³-hybridized carbons (Fsp3) is 0.438. The third-order valence-electron chi connectivity index (χ3n) is 3.68. The minimum absolute atomic E-state index is 0. The van der Waals surface area contributed by atoms with Gasteiger partial charge in [0.1, 0.15) is 0 Å². The number of alkyl halides is 3. The monoisotopic (exact) mass is 348 g/mol. The van der Waals surface area contributed by atoms with Gasteiger partial charge in [0.15, 0.2) is 0 Å². The lowest BCUT2D eigenvalue weighted by Crippen LogP contribution is -2.40. The van der Waals surface area contributed by atoms with Crippen LogP contribution in [0.3, 0.4) is 0 Å². The van der Waals surface area contributed by atoms with Crippen molar-refractivity contribution in [3.05, 3.63) is 48.2 Å². The van der Waals surface area contributed by atoms with Crippen molar-refractivity contribution in [3.63, 3.8) is 0 Å². The van der Waals surface area contributed by atoms with Crippen LogP contribution in [0.5, 0.6) is 0 Å². The molecular weight excluding hydrogens is 329 g/mol. The van der Waals surface area contributed by atoms with Gasteiger partial charge in [-0.15, -0.1) is 12.4 Å². The Kier molecular flexibility index (Phi) is 7.58. The molecule has 1 aromatic carbocycles. The molecule has 1 saturated heterocycles. The molecule has 1 aliphatic rings. The molecule has 23 heavy (non-hydrogen) atoms. The topological polar surface area (TPSA) is 32.3 Å². The van der Waals surface area contributed by atoms with Gasteiger partial charge in [0.2, 0.25) is 0 Å². The van der Waals surface area contributed by atoms with Gasteiger partial charge >= 0.3 is 6.18 Å². The number of nitrogens with one attached hydrogen (secondary N) is 1. The molecule has 1 fully saturated rings. The van der Waals surface area contributed by atoms with Crippen LogP contribution in [0.4, 0.5) is 13.2 Å². The predicted octanol–water partition coefficient (Wildman–Crippen LogP) is 3.31. The number of nitrogens with zero attached hydrogens (tertiary/aromatic N) is 1. The number of allylic oxidation sites excluding steroid dienone is 1. The second kappa shape index (κ2) is 8.93. The fourth-order valence-electron chi connectivity index (χ4n) is 2.45. The van der Waals surface area contributed by atoms with Gasteiger partial charge in [-0.3, -0.25) is 9.69 Å². The van der Waals surface area contributed by atoms with Crippen LogP contribution in [0.1, 0.15) is 18.4 Å². The van der Waals surface area contributed by atoms with Crippen LogP contribution in [-0.2, 0) is 11.3 Å². The molecule has 0 unspecified atom stereocenters. The molecule has 0 atom stereocenters. The maximum absolute atomic E-state index is 12.0. The van der Waals surface area contributed by atoms with E-state index in [2.05, 4.69) is 22.3 Å². The number of hydrogen-bond donors (Lipinski definition) is 1. The van der Waals surface area contributed by atoms with E-state index in [1.807, 2.05) is 18.2 Å². The molecule has 1 heterocycles. The van der Waals surface area contributed by atoms with Gasteiger partial charge in [-0.25, -0.2) is 0 Å². The van der Waals surface area contributed by atoms with Gasteiger partial charge in [-0.2, -0.15) is 13.2 Å². The Balaban J connectivity index is 0.00000264. The number of halogens is 4. The molecule has 128 valence electrons. The highest BCUT2D eigenvalue weighted by atomic mass is 35.5. The second-order valence-corrected chi connectivity index (χ2v) is 5.40. The van der Waals surface area contributed by atoms with E-state index in [0.717, 1.165) is 38.7 Å².